The molecule has 17 heavy (non-hydrogen) atoms. The van der Waals surface area contributed by atoms with Crippen LogP contribution in [0.4, 0.5) is 0 Å². The van der Waals surface area contributed by atoms with Crippen LogP contribution in [-0.4, -0.2) is 29.6 Å². The SMILES string of the molecule is CCC(CC)(CNC(=O)C(C)C(C)N)C(=O)O. The Morgan fingerprint density at radius 2 is 1.76 bits per heavy atom. The smallest absolute Gasteiger partial charge is 0.311 e. The lowest BCUT2D eigenvalue weighted by Gasteiger charge is -2.28. The van der Waals surface area contributed by atoms with E-state index in [0.717, 1.165) is 0 Å². The Morgan fingerprint density at radius 1 is 1.29 bits per heavy atom. The number of rotatable bonds is 7. The van der Waals surface area contributed by atoms with Crippen LogP contribution in [0.1, 0.15) is 40.5 Å². The van der Waals surface area contributed by atoms with E-state index in [2.05, 4.69) is 5.32 Å². The van der Waals surface area contributed by atoms with E-state index in [1.807, 2.05) is 13.8 Å². The van der Waals surface area contributed by atoms with Crippen LogP contribution in [0.2, 0.25) is 0 Å². The molecule has 2 unspecified atom stereocenters. The molecule has 0 aromatic rings. The Kier molecular flexibility index (Phi) is 6.16. The lowest BCUT2D eigenvalue weighted by atomic mass is 9.82. The summed E-state index contributed by atoms with van der Waals surface area (Å²) in [5.74, 6) is -1.36. The lowest BCUT2D eigenvalue weighted by Crippen LogP contribution is -2.46. The van der Waals surface area contributed by atoms with Crippen LogP contribution in [0.25, 0.3) is 0 Å². The third-order valence-electron chi connectivity index (χ3n) is 3.61. The molecule has 0 fully saturated rings. The fraction of sp³-hybridized carbons (Fsp3) is 0.833. The van der Waals surface area contributed by atoms with E-state index < -0.39 is 11.4 Å². The van der Waals surface area contributed by atoms with Crippen LogP contribution in [0, 0.1) is 11.3 Å². The number of aliphatic carboxylic acids is 1. The highest BCUT2D eigenvalue weighted by Gasteiger charge is 2.35. The summed E-state index contributed by atoms with van der Waals surface area (Å²) in [6.07, 6.45) is 0.983. The van der Waals surface area contributed by atoms with Crippen LogP contribution < -0.4 is 11.1 Å². The minimum atomic E-state index is -0.868. The number of nitrogens with two attached hydrogens (primary N) is 1. The number of carboxylic acids is 1. The van der Waals surface area contributed by atoms with Crippen molar-refractivity contribution in [1.82, 2.24) is 5.32 Å². The van der Waals surface area contributed by atoms with Gasteiger partial charge in [-0.2, -0.15) is 0 Å². The Balaban J connectivity index is 4.52. The molecular weight excluding hydrogens is 220 g/mol. The van der Waals surface area contributed by atoms with Crippen LogP contribution in [-0.2, 0) is 9.59 Å². The van der Waals surface area contributed by atoms with Gasteiger partial charge in [0.05, 0.1) is 5.41 Å². The van der Waals surface area contributed by atoms with Crippen molar-refractivity contribution >= 4 is 11.9 Å². The summed E-state index contributed by atoms with van der Waals surface area (Å²) in [5, 5.41) is 11.9. The standard InChI is InChI=1S/C12H24N2O3/c1-5-12(6-2,11(16)17)7-14-10(15)8(3)9(4)13/h8-9H,5-7,13H2,1-4H3,(H,14,15)(H,16,17). The van der Waals surface area contributed by atoms with E-state index in [-0.39, 0.29) is 24.4 Å². The van der Waals surface area contributed by atoms with Gasteiger partial charge in [0.25, 0.3) is 0 Å². The summed E-state index contributed by atoms with van der Waals surface area (Å²) in [4.78, 5) is 22.9. The van der Waals surface area contributed by atoms with Crippen molar-refractivity contribution < 1.29 is 14.7 Å². The fourth-order valence-electron chi connectivity index (χ4n) is 1.53. The van der Waals surface area contributed by atoms with Gasteiger partial charge in [-0.1, -0.05) is 20.8 Å². The summed E-state index contributed by atoms with van der Waals surface area (Å²) in [5.41, 5.74) is 4.76. The topological polar surface area (TPSA) is 92.4 Å². The van der Waals surface area contributed by atoms with Gasteiger partial charge >= 0.3 is 5.97 Å². The lowest BCUT2D eigenvalue weighted by molar-refractivity contribution is -0.149. The summed E-state index contributed by atoms with van der Waals surface area (Å²) in [7, 11) is 0. The molecule has 0 aliphatic rings. The highest BCUT2D eigenvalue weighted by molar-refractivity contribution is 5.80. The first kappa shape index (κ1) is 15.9. The van der Waals surface area contributed by atoms with Crippen molar-refractivity contribution in [3.8, 4) is 0 Å². The summed E-state index contributed by atoms with van der Waals surface area (Å²) < 4.78 is 0. The van der Waals surface area contributed by atoms with Crippen LogP contribution in [0.3, 0.4) is 0 Å². The van der Waals surface area contributed by atoms with Crippen LogP contribution in [0.15, 0.2) is 0 Å². The predicted molar refractivity (Wildman–Crippen MR) is 66.5 cm³/mol. The molecule has 0 spiro atoms. The molecule has 100 valence electrons. The molecule has 0 saturated heterocycles. The number of nitrogens with one attached hydrogen (secondary N) is 1. The zero-order chi connectivity index (χ0) is 13.6. The second kappa shape index (κ2) is 6.59. The van der Waals surface area contributed by atoms with Gasteiger partial charge in [0.2, 0.25) is 5.91 Å². The van der Waals surface area contributed by atoms with Gasteiger partial charge in [0.15, 0.2) is 0 Å². The molecule has 0 aliphatic heterocycles. The molecule has 0 rings (SSSR count). The molecular formula is C12H24N2O3. The zero-order valence-electron chi connectivity index (χ0n) is 11.1. The van der Waals surface area contributed by atoms with Gasteiger partial charge in [-0.15, -0.1) is 0 Å². The molecule has 0 aromatic heterocycles. The van der Waals surface area contributed by atoms with E-state index >= 15 is 0 Å². The maximum atomic E-state index is 11.7. The van der Waals surface area contributed by atoms with Gasteiger partial charge in [0.1, 0.15) is 0 Å². The minimum absolute atomic E-state index is 0.158. The summed E-state index contributed by atoms with van der Waals surface area (Å²) in [6.45, 7) is 7.29. The molecule has 0 radical (unpaired) electrons. The maximum Gasteiger partial charge on any atom is 0.311 e. The van der Waals surface area contributed by atoms with Gasteiger partial charge in [-0.25, -0.2) is 0 Å². The monoisotopic (exact) mass is 244 g/mol. The van der Waals surface area contributed by atoms with Crippen molar-refractivity contribution in [1.29, 1.82) is 0 Å². The summed E-state index contributed by atoms with van der Waals surface area (Å²) in [6, 6.07) is -0.238. The first-order valence-corrected chi connectivity index (χ1v) is 6.07. The molecule has 0 heterocycles. The number of carbonyl (C=O) groups is 2. The van der Waals surface area contributed by atoms with Crippen molar-refractivity contribution in [2.24, 2.45) is 17.1 Å². The molecule has 1 amide bonds. The molecule has 5 nitrogen and oxygen atoms in total. The normalized spacial score (nSPS) is 15.1. The van der Waals surface area contributed by atoms with Crippen LogP contribution in [0.5, 0.6) is 0 Å². The van der Waals surface area contributed by atoms with Gasteiger partial charge in [-0.05, 0) is 19.8 Å². The highest BCUT2D eigenvalue weighted by Crippen LogP contribution is 2.25. The Hall–Kier alpha value is -1.10. The predicted octanol–water partition coefficient (Wildman–Crippen LogP) is 0.977. The number of amides is 1. The van der Waals surface area contributed by atoms with Gasteiger partial charge in [-0.3, -0.25) is 9.59 Å². The molecule has 0 saturated carbocycles. The van der Waals surface area contributed by atoms with E-state index in [9.17, 15) is 14.7 Å². The second-order valence-corrected chi connectivity index (χ2v) is 4.66. The summed E-state index contributed by atoms with van der Waals surface area (Å²) >= 11 is 0. The largest absolute Gasteiger partial charge is 0.481 e. The van der Waals surface area contributed by atoms with Crippen molar-refractivity contribution in [3.63, 3.8) is 0 Å². The zero-order valence-corrected chi connectivity index (χ0v) is 11.1. The third kappa shape index (κ3) is 4.00. The Labute approximate surface area is 103 Å². The first-order valence-electron chi connectivity index (χ1n) is 6.07. The molecule has 0 bridgehead atoms. The number of carbonyl (C=O) groups excluding carboxylic acids is 1. The van der Waals surface area contributed by atoms with Gasteiger partial charge < -0.3 is 16.2 Å². The maximum absolute atomic E-state index is 11.7. The van der Waals surface area contributed by atoms with E-state index in [1.165, 1.54) is 0 Å². The number of carboxylic acid groups (broad SMARTS) is 1. The Morgan fingerprint density at radius 3 is 2.06 bits per heavy atom. The van der Waals surface area contributed by atoms with Crippen molar-refractivity contribution in [2.75, 3.05) is 6.54 Å². The molecule has 4 N–H and O–H groups in total. The van der Waals surface area contributed by atoms with Crippen LogP contribution >= 0.6 is 0 Å². The third-order valence-corrected chi connectivity index (χ3v) is 3.61. The first-order chi connectivity index (χ1) is 7.80. The minimum Gasteiger partial charge on any atom is -0.481 e. The van der Waals surface area contributed by atoms with E-state index in [0.29, 0.717) is 12.8 Å². The molecule has 2 atom stereocenters. The van der Waals surface area contributed by atoms with E-state index in [1.54, 1.807) is 13.8 Å². The second-order valence-electron chi connectivity index (χ2n) is 4.66. The van der Waals surface area contributed by atoms with E-state index in [4.69, 9.17) is 5.73 Å². The van der Waals surface area contributed by atoms with Crippen molar-refractivity contribution in [2.45, 2.75) is 46.6 Å². The van der Waals surface area contributed by atoms with Gasteiger partial charge in [0, 0.05) is 18.5 Å². The number of hydrogen-bond donors (Lipinski definition) is 3. The average molecular weight is 244 g/mol. The fourth-order valence-corrected chi connectivity index (χ4v) is 1.53. The van der Waals surface area contributed by atoms with Crippen molar-refractivity contribution in [3.05, 3.63) is 0 Å². The molecule has 0 aromatic carbocycles. The quantitative estimate of drug-likeness (QED) is 0.622. The molecule has 5 heteroatoms. The number of hydrogen-bond acceptors (Lipinski definition) is 3. The average Bonchev–Trinajstić information content (AvgIpc) is 2.29. The molecule has 0 aliphatic carbocycles. The Bertz CT molecular complexity index is 273. The highest BCUT2D eigenvalue weighted by atomic mass is 16.4.